The Labute approximate surface area is 119 Å². The van der Waals surface area contributed by atoms with E-state index in [4.69, 9.17) is 4.74 Å². The predicted octanol–water partition coefficient (Wildman–Crippen LogP) is 0.397. The highest BCUT2D eigenvalue weighted by Crippen LogP contribution is 2.39. The summed E-state index contributed by atoms with van der Waals surface area (Å²) >= 11 is 0. The normalized spacial score (nSPS) is 24.3. The third-order valence-corrected chi connectivity index (χ3v) is 3.48. The minimum absolute atomic E-state index is 0.111. The van der Waals surface area contributed by atoms with E-state index in [1.807, 2.05) is 0 Å². The molecule has 3 rings (SSSR count). The number of rotatable bonds is 1. The molecular formula is C15H12O6. The lowest BCUT2D eigenvalue weighted by Gasteiger charge is -2.32. The number of fused-ring (bicyclic) bond motifs is 1. The highest BCUT2D eigenvalue weighted by molar-refractivity contribution is 6.46. The number of ketones is 2. The first kappa shape index (κ1) is 13.4. The van der Waals surface area contributed by atoms with Gasteiger partial charge in [-0.2, -0.15) is 0 Å². The number of phenolic OH excluding ortho intramolecular Hbond substituents is 2. The minimum Gasteiger partial charge on any atom is -0.508 e. The molecule has 1 aromatic rings. The second-order valence-corrected chi connectivity index (χ2v) is 4.96. The number of aliphatic hydroxyl groups excluding tert-OH is 1. The van der Waals surface area contributed by atoms with Crippen molar-refractivity contribution in [1.82, 2.24) is 0 Å². The van der Waals surface area contributed by atoms with Crippen LogP contribution in [0.4, 0.5) is 0 Å². The summed E-state index contributed by atoms with van der Waals surface area (Å²) < 4.78 is 5.58. The maximum Gasteiger partial charge on any atom is 0.226 e. The summed E-state index contributed by atoms with van der Waals surface area (Å²) in [5.74, 6) is -1.39. The van der Waals surface area contributed by atoms with Gasteiger partial charge in [-0.3, -0.25) is 9.59 Å². The molecule has 1 aromatic carbocycles. The first-order valence-electron chi connectivity index (χ1n) is 6.33. The van der Waals surface area contributed by atoms with Crippen molar-refractivity contribution in [1.29, 1.82) is 0 Å². The zero-order valence-electron chi connectivity index (χ0n) is 10.8. The summed E-state index contributed by atoms with van der Waals surface area (Å²) in [6.45, 7) is 0. The van der Waals surface area contributed by atoms with Gasteiger partial charge in [-0.25, -0.2) is 0 Å². The molecule has 2 atom stereocenters. The van der Waals surface area contributed by atoms with Crippen LogP contribution in [-0.4, -0.2) is 39.1 Å². The van der Waals surface area contributed by atoms with Crippen molar-refractivity contribution in [2.75, 3.05) is 0 Å². The zero-order valence-corrected chi connectivity index (χ0v) is 10.8. The zero-order chi connectivity index (χ0) is 15.1. The van der Waals surface area contributed by atoms with Crippen LogP contribution in [0.25, 0.3) is 0 Å². The van der Waals surface area contributed by atoms with E-state index in [0.717, 1.165) is 18.2 Å². The number of ether oxygens (including phenoxy) is 1. The highest BCUT2D eigenvalue weighted by Gasteiger charge is 2.34. The molecule has 1 heterocycles. The lowest BCUT2D eigenvalue weighted by molar-refractivity contribution is -0.131. The van der Waals surface area contributed by atoms with Crippen LogP contribution in [-0.2, 0) is 16.0 Å². The van der Waals surface area contributed by atoms with Gasteiger partial charge in [-0.05, 0) is 17.7 Å². The number of aliphatic hydroxyl groups is 1. The topological polar surface area (TPSA) is 104 Å². The van der Waals surface area contributed by atoms with Crippen molar-refractivity contribution < 1.29 is 29.6 Å². The monoisotopic (exact) mass is 288 g/mol. The largest absolute Gasteiger partial charge is 0.508 e. The Kier molecular flexibility index (Phi) is 3.03. The number of aromatic hydroxyl groups is 2. The third kappa shape index (κ3) is 2.30. The van der Waals surface area contributed by atoms with Crippen molar-refractivity contribution in [3.63, 3.8) is 0 Å². The summed E-state index contributed by atoms with van der Waals surface area (Å²) in [7, 11) is 0. The van der Waals surface area contributed by atoms with Gasteiger partial charge in [-0.1, -0.05) is 6.08 Å². The molecule has 0 fully saturated rings. The van der Waals surface area contributed by atoms with Gasteiger partial charge in [0.25, 0.3) is 0 Å². The smallest absolute Gasteiger partial charge is 0.226 e. The van der Waals surface area contributed by atoms with Gasteiger partial charge in [-0.15, -0.1) is 0 Å². The number of carbonyl (C=O) groups excluding carboxylic acids is 2. The number of allylic oxidation sites excluding steroid dienone is 2. The van der Waals surface area contributed by atoms with Crippen LogP contribution in [0.3, 0.4) is 0 Å². The Balaban J connectivity index is 1.96. The Morgan fingerprint density at radius 2 is 1.86 bits per heavy atom. The molecule has 6 nitrogen and oxygen atoms in total. The van der Waals surface area contributed by atoms with Crippen LogP contribution < -0.4 is 4.74 Å². The maximum absolute atomic E-state index is 11.4. The Morgan fingerprint density at radius 1 is 1.10 bits per heavy atom. The fourth-order valence-electron chi connectivity index (χ4n) is 2.45. The number of hydrogen-bond acceptors (Lipinski definition) is 6. The molecule has 1 aliphatic carbocycles. The molecule has 2 aliphatic rings. The molecule has 0 aromatic heterocycles. The van der Waals surface area contributed by atoms with Gasteiger partial charge in [0.1, 0.15) is 23.4 Å². The van der Waals surface area contributed by atoms with Crippen molar-refractivity contribution in [2.45, 2.75) is 18.6 Å². The van der Waals surface area contributed by atoms with Crippen molar-refractivity contribution in [3.8, 4) is 17.2 Å². The fourth-order valence-corrected chi connectivity index (χ4v) is 2.45. The quantitative estimate of drug-likeness (QED) is 0.510. The van der Waals surface area contributed by atoms with Gasteiger partial charge in [0, 0.05) is 24.1 Å². The molecule has 0 saturated carbocycles. The van der Waals surface area contributed by atoms with E-state index in [0.29, 0.717) is 11.1 Å². The molecule has 0 spiro atoms. The summed E-state index contributed by atoms with van der Waals surface area (Å²) in [5, 5.41) is 29.4. The first-order chi connectivity index (χ1) is 9.95. The molecule has 6 heteroatoms. The van der Waals surface area contributed by atoms with E-state index in [2.05, 4.69) is 0 Å². The van der Waals surface area contributed by atoms with E-state index in [1.54, 1.807) is 0 Å². The molecule has 0 unspecified atom stereocenters. The number of benzene rings is 1. The minimum atomic E-state index is -0.982. The summed E-state index contributed by atoms with van der Waals surface area (Å²) in [5.41, 5.74) is 0.764. The van der Waals surface area contributed by atoms with Crippen LogP contribution in [0, 0.1) is 0 Å². The van der Waals surface area contributed by atoms with Crippen LogP contribution in [0.1, 0.15) is 5.56 Å². The molecular weight excluding hydrogens is 276 g/mol. The van der Waals surface area contributed by atoms with E-state index in [1.165, 1.54) is 12.1 Å². The molecule has 3 N–H and O–H groups in total. The summed E-state index contributed by atoms with van der Waals surface area (Å²) in [6.07, 6.45) is 1.97. The van der Waals surface area contributed by atoms with Gasteiger partial charge >= 0.3 is 0 Å². The Hall–Kier alpha value is -2.60. The lowest BCUT2D eigenvalue weighted by Crippen LogP contribution is -2.39. The average molecular weight is 288 g/mol. The standard InChI is InChI=1S/C15H12O6/c16-8-4-11(18)9-6-13(20)15(21-14(9)5-8)7-1-2-10(17)12(19)3-7/h1-5,13,15-16,18,20H,6H2/t13-,15+/m1/s1. The van der Waals surface area contributed by atoms with Crippen molar-refractivity contribution in [2.24, 2.45) is 0 Å². The summed E-state index contributed by atoms with van der Waals surface area (Å²) in [4.78, 5) is 22.6. The van der Waals surface area contributed by atoms with Crippen molar-refractivity contribution >= 4 is 11.6 Å². The lowest BCUT2D eigenvalue weighted by atomic mass is 9.91. The average Bonchev–Trinajstić information content (AvgIpc) is 2.42. The maximum atomic E-state index is 11.4. The first-order valence-corrected chi connectivity index (χ1v) is 6.33. The van der Waals surface area contributed by atoms with Crippen LogP contribution >= 0.6 is 0 Å². The van der Waals surface area contributed by atoms with Gasteiger partial charge in [0.2, 0.25) is 11.6 Å². The van der Waals surface area contributed by atoms with Crippen LogP contribution in [0.15, 0.2) is 35.9 Å². The molecule has 21 heavy (non-hydrogen) atoms. The van der Waals surface area contributed by atoms with Crippen LogP contribution in [0.5, 0.6) is 17.2 Å². The second kappa shape index (κ2) is 4.75. The van der Waals surface area contributed by atoms with E-state index >= 15 is 0 Å². The third-order valence-electron chi connectivity index (χ3n) is 3.48. The highest BCUT2D eigenvalue weighted by atomic mass is 16.5. The van der Waals surface area contributed by atoms with Gasteiger partial charge in [0.15, 0.2) is 0 Å². The van der Waals surface area contributed by atoms with Crippen LogP contribution in [0.2, 0.25) is 0 Å². The molecule has 0 amide bonds. The van der Waals surface area contributed by atoms with Gasteiger partial charge < -0.3 is 20.1 Å². The van der Waals surface area contributed by atoms with E-state index in [9.17, 15) is 24.9 Å². The SMILES string of the molecule is O=C1C=CC([C@@H]2Oc3cc(O)cc(O)c3C[C@H]2O)=CC1=O. The number of hydrogen-bond donors (Lipinski definition) is 3. The Bertz CT molecular complexity index is 700. The molecule has 1 aliphatic heterocycles. The van der Waals surface area contributed by atoms with Crippen molar-refractivity contribution in [3.05, 3.63) is 41.5 Å². The van der Waals surface area contributed by atoms with E-state index < -0.39 is 23.8 Å². The predicted molar refractivity (Wildman–Crippen MR) is 71.1 cm³/mol. The van der Waals surface area contributed by atoms with Gasteiger partial charge in [0.05, 0.1) is 6.10 Å². The molecule has 0 saturated heterocycles. The Morgan fingerprint density at radius 3 is 2.57 bits per heavy atom. The molecule has 108 valence electrons. The molecule has 0 bridgehead atoms. The number of phenols is 2. The fraction of sp³-hybridized carbons (Fsp3) is 0.200. The summed E-state index contributed by atoms with van der Waals surface area (Å²) in [6, 6.07) is 2.49. The van der Waals surface area contributed by atoms with E-state index in [-0.39, 0.29) is 23.7 Å². The number of carbonyl (C=O) groups is 2. The molecule has 0 radical (unpaired) electrons. The second-order valence-electron chi connectivity index (χ2n) is 4.96.